The summed E-state index contributed by atoms with van der Waals surface area (Å²) in [6.07, 6.45) is 1.92. The molecule has 2 fully saturated rings. The number of carbonyl (C=O) groups is 2. The van der Waals surface area contributed by atoms with Gasteiger partial charge in [-0.05, 0) is 49.2 Å². The molecule has 0 atom stereocenters. The number of piperazine rings is 1. The lowest BCUT2D eigenvalue weighted by Gasteiger charge is -2.38. The number of nitrogens with one attached hydrogen (secondary N) is 2. The highest BCUT2D eigenvalue weighted by molar-refractivity contribution is 6.06. The predicted octanol–water partition coefficient (Wildman–Crippen LogP) is 4.07. The summed E-state index contributed by atoms with van der Waals surface area (Å²) in [6, 6.07) is 18.9. The molecule has 0 unspecified atom stereocenters. The van der Waals surface area contributed by atoms with Crippen molar-refractivity contribution in [1.29, 1.82) is 0 Å². The minimum atomic E-state index is -0.542. The number of amides is 2. The Bertz CT molecular complexity index is 1370. The summed E-state index contributed by atoms with van der Waals surface area (Å²) in [6.45, 7) is 2.94. The Labute approximate surface area is 220 Å². The van der Waals surface area contributed by atoms with Crippen LogP contribution in [0.4, 0.5) is 22.7 Å². The van der Waals surface area contributed by atoms with Crippen LogP contribution < -0.4 is 25.2 Å². The molecule has 2 aliphatic rings. The molecule has 38 heavy (non-hydrogen) atoms. The topological polar surface area (TPSA) is 117 Å². The number of hydrogen-bond acceptors (Lipinski definition) is 7. The van der Waals surface area contributed by atoms with Gasteiger partial charge in [0.2, 0.25) is 0 Å². The van der Waals surface area contributed by atoms with Gasteiger partial charge in [0, 0.05) is 61.3 Å². The lowest BCUT2D eigenvalue weighted by molar-refractivity contribution is -0.384. The lowest BCUT2D eigenvalue weighted by atomic mass is 10.1. The average molecular weight is 516 g/mol. The van der Waals surface area contributed by atoms with E-state index >= 15 is 0 Å². The van der Waals surface area contributed by atoms with E-state index < -0.39 is 10.8 Å². The molecule has 196 valence electrons. The number of nitro benzene ring substituents is 1. The molecule has 0 spiro atoms. The molecular weight excluding hydrogens is 486 g/mol. The van der Waals surface area contributed by atoms with Gasteiger partial charge in [0.25, 0.3) is 17.5 Å². The number of rotatable bonds is 8. The van der Waals surface area contributed by atoms with E-state index in [4.69, 9.17) is 4.74 Å². The largest absolute Gasteiger partial charge is 0.495 e. The summed E-state index contributed by atoms with van der Waals surface area (Å²) in [7, 11) is 1.67. The number of nitro groups is 1. The van der Waals surface area contributed by atoms with E-state index in [1.54, 1.807) is 19.2 Å². The average Bonchev–Trinajstić information content (AvgIpc) is 3.77. The van der Waals surface area contributed by atoms with Gasteiger partial charge in [0.1, 0.15) is 5.75 Å². The van der Waals surface area contributed by atoms with Crippen LogP contribution in [0.15, 0.2) is 66.7 Å². The molecule has 2 N–H and O–H groups in total. The van der Waals surface area contributed by atoms with Crippen molar-refractivity contribution in [2.75, 3.05) is 48.4 Å². The predicted molar refractivity (Wildman–Crippen MR) is 145 cm³/mol. The zero-order chi connectivity index (χ0) is 26.6. The number of non-ortho nitro benzene ring substituents is 1. The minimum absolute atomic E-state index is 0.162. The summed E-state index contributed by atoms with van der Waals surface area (Å²) in [5, 5.41) is 16.9. The van der Waals surface area contributed by atoms with E-state index in [9.17, 15) is 19.7 Å². The third-order valence-corrected chi connectivity index (χ3v) is 6.78. The van der Waals surface area contributed by atoms with Crippen molar-refractivity contribution in [2.24, 2.45) is 0 Å². The molecule has 1 aliphatic heterocycles. The second-order valence-electron chi connectivity index (χ2n) is 9.39. The molecule has 1 heterocycles. The Hall–Kier alpha value is -4.60. The maximum absolute atomic E-state index is 13.2. The fraction of sp³-hybridized carbons (Fsp3) is 0.286. The molecule has 3 aromatic carbocycles. The summed E-state index contributed by atoms with van der Waals surface area (Å²) >= 11 is 0. The number of anilines is 3. The van der Waals surface area contributed by atoms with E-state index in [2.05, 4.69) is 20.4 Å². The molecule has 0 aromatic heterocycles. The molecule has 1 saturated carbocycles. The first-order valence-corrected chi connectivity index (χ1v) is 12.6. The highest BCUT2D eigenvalue weighted by Gasteiger charge is 2.28. The first kappa shape index (κ1) is 25.1. The third kappa shape index (κ3) is 5.54. The molecule has 0 radical (unpaired) electrons. The number of para-hydroxylation sites is 2. The molecule has 2 amide bonds. The van der Waals surface area contributed by atoms with Crippen molar-refractivity contribution in [3.05, 3.63) is 88.0 Å². The Morgan fingerprint density at radius 1 is 0.895 bits per heavy atom. The van der Waals surface area contributed by atoms with Gasteiger partial charge in [-0.2, -0.15) is 0 Å². The quantitative estimate of drug-likeness (QED) is 0.343. The fourth-order valence-electron chi connectivity index (χ4n) is 4.61. The van der Waals surface area contributed by atoms with E-state index in [-0.39, 0.29) is 23.2 Å². The van der Waals surface area contributed by atoms with Crippen molar-refractivity contribution in [3.8, 4) is 5.75 Å². The van der Waals surface area contributed by atoms with Crippen molar-refractivity contribution >= 4 is 34.6 Å². The zero-order valence-corrected chi connectivity index (χ0v) is 21.1. The Balaban J connectivity index is 1.35. The van der Waals surface area contributed by atoms with Crippen molar-refractivity contribution < 1.29 is 19.2 Å². The van der Waals surface area contributed by atoms with Crippen molar-refractivity contribution in [2.45, 2.75) is 18.9 Å². The lowest BCUT2D eigenvalue weighted by Crippen LogP contribution is -2.47. The van der Waals surface area contributed by atoms with Crippen molar-refractivity contribution in [3.63, 3.8) is 0 Å². The Kier molecular flexibility index (Phi) is 7.12. The van der Waals surface area contributed by atoms with Crippen LogP contribution in [0.5, 0.6) is 5.75 Å². The molecular formula is C28H29N5O5. The van der Waals surface area contributed by atoms with Crippen LogP contribution in [0.3, 0.4) is 0 Å². The van der Waals surface area contributed by atoms with E-state index in [0.29, 0.717) is 24.3 Å². The summed E-state index contributed by atoms with van der Waals surface area (Å²) < 4.78 is 5.52. The van der Waals surface area contributed by atoms with Gasteiger partial charge in [0.05, 0.1) is 23.3 Å². The van der Waals surface area contributed by atoms with Crippen LogP contribution in [-0.2, 0) is 0 Å². The van der Waals surface area contributed by atoms with Crippen molar-refractivity contribution in [1.82, 2.24) is 5.32 Å². The first-order chi connectivity index (χ1) is 18.4. The summed E-state index contributed by atoms with van der Waals surface area (Å²) in [5.74, 6) is 0.163. The highest BCUT2D eigenvalue weighted by atomic mass is 16.6. The number of nitrogens with zero attached hydrogens (tertiary/aromatic N) is 3. The smallest absolute Gasteiger partial charge is 0.270 e. The standard InChI is InChI=1S/C28H29N5O5/c1-38-26-8-3-2-7-25(26)32-15-13-31(14-16-32)24-12-11-21(18-23(24)28(35)29-20-9-10-20)30-27(34)19-5-4-6-22(17-19)33(36)37/h2-8,11-12,17-18,20H,9-10,13-16H2,1H3,(H,29,35)(H,30,34). The molecule has 1 saturated heterocycles. The van der Waals surface area contributed by atoms with Crippen LogP contribution in [0.2, 0.25) is 0 Å². The number of benzene rings is 3. The Morgan fingerprint density at radius 3 is 2.29 bits per heavy atom. The number of carbonyl (C=O) groups excluding carboxylic acids is 2. The van der Waals surface area contributed by atoms with E-state index in [0.717, 1.165) is 43.1 Å². The molecule has 3 aromatic rings. The highest BCUT2D eigenvalue weighted by Crippen LogP contribution is 2.31. The number of hydrogen-bond donors (Lipinski definition) is 2. The molecule has 0 bridgehead atoms. The maximum atomic E-state index is 13.2. The fourth-order valence-corrected chi connectivity index (χ4v) is 4.61. The monoisotopic (exact) mass is 515 g/mol. The third-order valence-electron chi connectivity index (χ3n) is 6.78. The molecule has 5 rings (SSSR count). The Morgan fingerprint density at radius 2 is 1.61 bits per heavy atom. The number of methoxy groups -OCH3 is 1. The van der Waals surface area contributed by atoms with Gasteiger partial charge < -0.3 is 25.2 Å². The van der Waals surface area contributed by atoms with Gasteiger partial charge >= 0.3 is 0 Å². The van der Waals surface area contributed by atoms with E-state index in [1.165, 1.54) is 24.3 Å². The van der Waals surface area contributed by atoms with Gasteiger partial charge in [-0.3, -0.25) is 19.7 Å². The molecule has 10 heteroatoms. The first-order valence-electron chi connectivity index (χ1n) is 12.6. The van der Waals surface area contributed by atoms with Gasteiger partial charge in [0.15, 0.2) is 0 Å². The van der Waals surface area contributed by atoms with Gasteiger partial charge in [-0.1, -0.05) is 18.2 Å². The maximum Gasteiger partial charge on any atom is 0.270 e. The SMILES string of the molecule is COc1ccccc1N1CCN(c2ccc(NC(=O)c3cccc([N+](=O)[O-])c3)cc2C(=O)NC2CC2)CC1. The second kappa shape index (κ2) is 10.8. The van der Waals surface area contributed by atoms with Crippen LogP contribution >= 0.6 is 0 Å². The van der Waals surface area contributed by atoms with Crippen LogP contribution in [-0.4, -0.2) is 56.1 Å². The van der Waals surface area contributed by atoms with Gasteiger partial charge in [-0.15, -0.1) is 0 Å². The number of ether oxygens (including phenoxy) is 1. The second-order valence-corrected chi connectivity index (χ2v) is 9.39. The van der Waals surface area contributed by atoms with Crippen LogP contribution in [0.1, 0.15) is 33.6 Å². The van der Waals surface area contributed by atoms with Gasteiger partial charge in [-0.25, -0.2) is 0 Å². The summed E-state index contributed by atoms with van der Waals surface area (Å²) in [5.41, 5.74) is 2.78. The van der Waals surface area contributed by atoms with E-state index in [1.807, 2.05) is 30.3 Å². The zero-order valence-electron chi connectivity index (χ0n) is 21.1. The molecule has 1 aliphatic carbocycles. The normalized spacial score (nSPS) is 15.1. The van der Waals surface area contributed by atoms with Crippen LogP contribution in [0, 0.1) is 10.1 Å². The minimum Gasteiger partial charge on any atom is -0.495 e. The van der Waals surface area contributed by atoms with Crippen LogP contribution in [0.25, 0.3) is 0 Å². The summed E-state index contributed by atoms with van der Waals surface area (Å²) in [4.78, 5) is 41.0. The molecule has 10 nitrogen and oxygen atoms in total.